The van der Waals surface area contributed by atoms with Gasteiger partial charge in [-0.15, -0.1) is 0 Å². The molecular formula is C14H24N2. The zero-order valence-electron chi connectivity index (χ0n) is 10.7. The number of benzene rings is 1. The fourth-order valence-electron chi connectivity index (χ4n) is 1.71. The fourth-order valence-corrected chi connectivity index (χ4v) is 1.71. The fraction of sp³-hybridized carbons (Fsp3) is 0.571. The molecule has 1 aromatic carbocycles. The lowest BCUT2D eigenvalue weighted by atomic mass is 10.2. The largest absolute Gasteiger partial charge is 0.371 e. The molecule has 1 aromatic rings. The van der Waals surface area contributed by atoms with Crippen molar-refractivity contribution in [3.8, 4) is 0 Å². The molecule has 0 atom stereocenters. The van der Waals surface area contributed by atoms with Gasteiger partial charge in [0.15, 0.2) is 0 Å². The third-order valence-electron chi connectivity index (χ3n) is 2.61. The summed E-state index contributed by atoms with van der Waals surface area (Å²) in [5, 5.41) is 3.48. The molecule has 2 nitrogen and oxygen atoms in total. The van der Waals surface area contributed by atoms with E-state index in [-0.39, 0.29) is 0 Å². The van der Waals surface area contributed by atoms with E-state index in [4.69, 9.17) is 0 Å². The van der Waals surface area contributed by atoms with Crippen LogP contribution in [0.3, 0.4) is 0 Å². The molecule has 0 heterocycles. The summed E-state index contributed by atoms with van der Waals surface area (Å²) in [6.07, 6.45) is 0. The molecule has 2 heteroatoms. The molecule has 1 rings (SSSR count). The van der Waals surface area contributed by atoms with Crippen LogP contribution in [0.1, 0.15) is 20.8 Å². The molecular weight excluding hydrogens is 196 g/mol. The lowest BCUT2D eigenvalue weighted by molar-refractivity contribution is 0.551. The van der Waals surface area contributed by atoms with Gasteiger partial charge in [-0.3, -0.25) is 0 Å². The maximum atomic E-state index is 3.48. The van der Waals surface area contributed by atoms with Crippen LogP contribution in [0, 0.1) is 5.92 Å². The first-order chi connectivity index (χ1) is 7.74. The number of hydrogen-bond acceptors (Lipinski definition) is 2. The van der Waals surface area contributed by atoms with Crippen LogP contribution in [-0.2, 0) is 0 Å². The predicted molar refractivity (Wildman–Crippen MR) is 72.0 cm³/mol. The van der Waals surface area contributed by atoms with Gasteiger partial charge in [-0.2, -0.15) is 0 Å². The topological polar surface area (TPSA) is 15.3 Å². The van der Waals surface area contributed by atoms with Crippen molar-refractivity contribution in [3.63, 3.8) is 0 Å². The van der Waals surface area contributed by atoms with Crippen molar-refractivity contribution in [1.29, 1.82) is 0 Å². The zero-order valence-corrected chi connectivity index (χ0v) is 10.7. The van der Waals surface area contributed by atoms with Gasteiger partial charge in [0.1, 0.15) is 0 Å². The molecule has 0 saturated heterocycles. The van der Waals surface area contributed by atoms with E-state index in [9.17, 15) is 0 Å². The van der Waals surface area contributed by atoms with Crippen LogP contribution in [0.25, 0.3) is 0 Å². The van der Waals surface area contributed by atoms with Crippen LogP contribution < -0.4 is 10.2 Å². The Morgan fingerprint density at radius 2 is 1.88 bits per heavy atom. The first-order valence-electron chi connectivity index (χ1n) is 6.24. The minimum Gasteiger partial charge on any atom is -0.371 e. The van der Waals surface area contributed by atoms with Gasteiger partial charge >= 0.3 is 0 Å². The number of rotatable bonds is 7. The highest BCUT2D eigenvalue weighted by atomic mass is 15.1. The van der Waals surface area contributed by atoms with Gasteiger partial charge in [-0.05, 0) is 31.5 Å². The van der Waals surface area contributed by atoms with Crippen LogP contribution in [0.5, 0.6) is 0 Å². The van der Waals surface area contributed by atoms with Crippen molar-refractivity contribution >= 4 is 5.69 Å². The number of nitrogens with one attached hydrogen (secondary N) is 1. The van der Waals surface area contributed by atoms with Gasteiger partial charge in [-0.25, -0.2) is 0 Å². The van der Waals surface area contributed by atoms with Crippen molar-refractivity contribution < 1.29 is 0 Å². The Hall–Kier alpha value is -1.02. The molecule has 0 amide bonds. The second kappa shape index (κ2) is 7.29. The Morgan fingerprint density at radius 3 is 2.44 bits per heavy atom. The third kappa shape index (κ3) is 4.67. The van der Waals surface area contributed by atoms with Crippen molar-refractivity contribution in [3.05, 3.63) is 30.3 Å². The van der Waals surface area contributed by atoms with E-state index in [0.717, 1.165) is 32.1 Å². The zero-order chi connectivity index (χ0) is 11.8. The van der Waals surface area contributed by atoms with E-state index in [1.54, 1.807) is 0 Å². The highest BCUT2D eigenvalue weighted by Gasteiger charge is 2.02. The summed E-state index contributed by atoms with van der Waals surface area (Å²) in [4.78, 5) is 2.40. The van der Waals surface area contributed by atoms with Gasteiger partial charge < -0.3 is 10.2 Å². The van der Waals surface area contributed by atoms with E-state index in [2.05, 4.69) is 61.3 Å². The highest BCUT2D eigenvalue weighted by Crippen LogP contribution is 2.11. The standard InChI is InChI=1S/C14H24N2/c1-4-16(11-10-15-12-13(2)3)14-8-6-5-7-9-14/h5-9,13,15H,4,10-12H2,1-3H3. The van der Waals surface area contributed by atoms with Crippen LogP contribution in [0.15, 0.2) is 30.3 Å². The van der Waals surface area contributed by atoms with Crippen molar-refractivity contribution in [2.45, 2.75) is 20.8 Å². The third-order valence-corrected chi connectivity index (χ3v) is 2.61. The molecule has 0 saturated carbocycles. The number of nitrogens with zero attached hydrogens (tertiary/aromatic N) is 1. The van der Waals surface area contributed by atoms with Crippen LogP contribution in [0.4, 0.5) is 5.69 Å². The lowest BCUT2D eigenvalue weighted by Gasteiger charge is -2.23. The van der Waals surface area contributed by atoms with E-state index >= 15 is 0 Å². The maximum Gasteiger partial charge on any atom is 0.0366 e. The summed E-state index contributed by atoms with van der Waals surface area (Å²) in [7, 11) is 0. The second-order valence-electron chi connectivity index (χ2n) is 4.51. The summed E-state index contributed by atoms with van der Waals surface area (Å²) in [5.74, 6) is 0.729. The molecule has 0 aliphatic heterocycles. The Morgan fingerprint density at radius 1 is 1.19 bits per heavy atom. The van der Waals surface area contributed by atoms with E-state index in [1.165, 1.54) is 5.69 Å². The van der Waals surface area contributed by atoms with Gasteiger partial charge in [0, 0.05) is 25.3 Å². The average molecular weight is 220 g/mol. The molecule has 90 valence electrons. The average Bonchev–Trinajstić information content (AvgIpc) is 2.30. The van der Waals surface area contributed by atoms with Crippen LogP contribution in [-0.4, -0.2) is 26.2 Å². The van der Waals surface area contributed by atoms with Crippen molar-refractivity contribution in [2.75, 3.05) is 31.1 Å². The van der Waals surface area contributed by atoms with Crippen LogP contribution in [0.2, 0.25) is 0 Å². The predicted octanol–water partition coefficient (Wildman–Crippen LogP) is 2.76. The summed E-state index contributed by atoms with van der Waals surface area (Å²) in [6.45, 7) is 11.0. The molecule has 0 aliphatic carbocycles. The summed E-state index contributed by atoms with van der Waals surface area (Å²) < 4.78 is 0. The Bertz CT molecular complexity index is 269. The first-order valence-corrected chi connectivity index (χ1v) is 6.24. The van der Waals surface area contributed by atoms with Gasteiger partial charge in [-0.1, -0.05) is 32.0 Å². The Balaban J connectivity index is 2.33. The minimum atomic E-state index is 0.729. The first kappa shape index (κ1) is 13.0. The Labute approximate surface area is 99.7 Å². The molecule has 16 heavy (non-hydrogen) atoms. The Kier molecular flexibility index (Phi) is 5.94. The van der Waals surface area contributed by atoms with E-state index in [0.29, 0.717) is 0 Å². The molecule has 0 aliphatic rings. The number of anilines is 1. The molecule has 0 bridgehead atoms. The lowest BCUT2D eigenvalue weighted by Crippen LogP contribution is -2.33. The summed E-state index contributed by atoms with van der Waals surface area (Å²) in [6, 6.07) is 10.6. The number of likely N-dealkylation sites (N-methyl/N-ethyl adjacent to an activating group) is 1. The van der Waals surface area contributed by atoms with E-state index < -0.39 is 0 Å². The van der Waals surface area contributed by atoms with Gasteiger partial charge in [0.05, 0.1) is 0 Å². The molecule has 0 fully saturated rings. The molecule has 0 unspecified atom stereocenters. The monoisotopic (exact) mass is 220 g/mol. The SMILES string of the molecule is CCN(CCNCC(C)C)c1ccccc1. The maximum absolute atomic E-state index is 3.48. The summed E-state index contributed by atoms with van der Waals surface area (Å²) >= 11 is 0. The second-order valence-corrected chi connectivity index (χ2v) is 4.51. The number of para-hydroxylation sites is 1. The van der Waals surface area contributed by atoms with Crippen molar-refractivity contribution in [1.82, 2.24) is 5.32 Å². The quantitative estimate of drug-likeness (QED) is 0.711. The van der Waals surface area contributed by atoms with E-state index in [1.807, 2.05) is 0 Å². The number of hydrogen-bond donors (Lipinski definition) is 1. The highest BCUT2D eigenvalue weighted by molar-refractivity contribution is 5.45. The van der Waals surface area contributed by atoms with Gasteiger partial charge in [0.25, 0.3) is 0 Å². The molecule has 0 spiro atoms. The molecule has 0 aromatic heterocycles. The normalized spacial score (nSPS) is 10.8. The summed E-state index contributed by atoms with van der Waals surface area (Å²) in [5.41, 5.74) is 1.32. The van der Waals surface area contributed by atoms with Gasteiger partial charge in [0.2, 0.25) is 0 Å². The molecule has 1 N–H and O–H groups in total. The van der Waals surface area contributed by atoms with Crippen molar-refractivity contribution in [2.24, 2.45) is 5.92 Å². The minimum absolute atomic E-state index is 0.729. The molecule has 0 radical (unpaired) electrons. The smallest absolute Gasteiger partial charge is 0.0366 e. The van der Waals surface area contributed by atoms with Crippen LogP contribution >= 0.6 is 0 Å².